The first kappa shape index (κ1) is 28.7. The predicted molar refractivity (Wildman–Crippen MR) is 146 cm³/mol. The number of hydrogen-bond donors (Lipinski definition) is 0. The lowest BCUT2D eigenvalue weighted by atomic mass is 9.98. The van der Waals surface area contributed by atoms with E-state index in [9.17, 15) is 18.0 Å². The maximum absolute atomic E-state index is 15.1. The van der Waals surface area contributed by atoms with Crippen LogP contribution in [0.25, 0.3) is 10.9 Å². The maximum Gasteiger partial charge on any atom is 0.421 e. The molecule has 0 aliphatic heterocycles. The third-order valence-corrected chi connectivity index (χ3v) is 6.70. The first-order valence-electron chi connectivity index (χ1n) is 12.5. The molecular formula is C30H28F4N4O2. The highest BCUT2D eigenvalue weighted by molar-refractivity contribution is 6.19. The van der Waals surface area contributed by atoms with E-state index in [-0.39, 0.29) is 24.3 Å². The zero-order chi connectivity index (χ0) is 29.2. The number of aryl methyl sites for hydroxylation is 2. The van der Waals surface area contributed by atoms with E-state index in [2.05, 4.69) is 15.0 Å². The van der Waals surface area contributed by atoms with Gasteiger partial charge < -0.3 is 9.30 Å². The Kier molecular flexibility index (Phi) is 8.18. The molecule has 208 valence electrons. The summed E-state index contributed by atoms with van der Waals surface area (Å²) in [6.45, 7) is 6.78. The number of hydrogen-bond acceptors (Lipinski definition) is 5. The van der Waals surface area contributed by atoms with Crippen molar-refractivity contribution in [2.45, 2.75) is 47.0 Å². The van der Waals surface area contributed by atoms with E-state index in [0.717, 1.165) is 50.8 Å². The number of pyridine rings is 3. The molecule has 10 heteroatoms. The molecule has 40 heavy (non-hydrogen) atoms. The second-order valence-electron chi connectivity index (χ2n) is 9.30. The van der Waals surface area contributed by atoms with Gasteiger partial charge in [-0.1, -0.05) is 18.2 Å². The van der Waals surface area contributed by atoms with E-state index >= 15 is 4.39 Å². The van der Waals surface area contributed by atoms with Gasteiger partial charge in [0.05, 0.1) is 18.5 Å². The molecule has 0 N–H and O–H groups in total. The largest absolute Gasteiger partial charge is 0.486 e. The molecule has 0 saturated heterocycles. The fourth-order valence-electron chi connectivity index (χ4n) is 4.54. The summed E-state index contributed by atoms with van der Waals surface area (Å²) in [5, 5.41) is 0.798. The fourth-order valence-corrected chi connectivity index (χ4v) is 4.54. The van der Waals surface area contributed by atoms with Crippen LogP contribution in [0, 0.1) is 19.7 Å². The second-order valence-corrected chi connectivity index (χ2v) is 9.30. The van der Waals surface area contributed by atoms with Gasteiger partial charge in [0.25, 0.3) is 5.56 Å². The van der Waals surface area contributed by atoms with Crippen molar-refractivity contribution in [1.82, 2.24) is 14.5 Å². The molecular weight excluding hydrogens is 524 g/mol. The maximum atomic E-state index is 15.1. The van der Waals surface area contributed by atoms with E-state index in [0.29, 0.717) is 17.0 Å². The Bertz CT molecular complexity index is 1710. The molecule has 0 amide bonds. The molecule has 4 aromatic rings. The molecule has 3 aromatic heterocycles. The number of aromatic nitrogens is 3. The predicted octanol–water partition coefficient (Wildman–Crippen LogP) is 6.58. The van der Waals surface area contributed by atoms with Crippen molar-refractivity contribution in [1.29, 1.82) is 0 Å². The van der Waals surface area contributed by atoms with Crippen LogP contribution in [0.1, 0.15) is 47.5 Å². The number of halogens is 4. The third kappa shape index (κ3) is 5.66. The zero-order valence-corrected chi connectivity index (χ0v) is 22.7. The summed E-state index contributed by atoms with van der Waals surface area (Å²) in [5.41, 5.74) is 2.15. The summed E-state index contributed by atoms with van der Waals surface area (Å²) in [7, 11) is 1.72. The normalized spacial score (nSPS) is 12.7. The number of aliphatic imine (C=N–C) groups is 1. The average Bonchev–Trinajstić information content (AvgIpc) is 2.91. The van der Waals surface area contributed by atoms with Gasteiger partial charge in [-0.15, -0.1) is 0 Å². The van der Waals surface area contributed by atoms with Crippen molar-refractivity contribution in [2.24, 2.45) is 4.99 Å². The van der Waals surface area contributed by atoms with Gasteiger partial charge in [-0.25, -0.2) is 9.37 Å². The Balaban J connectivity index is 1.75. The molecule has 0 saturated carbocycles. The van der Waals surface area contributed by atoms with Crippen LogP contribution in [0.3, 0.4) is 0 Å². The molecule has 0 bridgehead atoms. The Morgan fingerprint density at radius 3 is 2.58 bits per heavy atom. The van der Waals surface area contributed by atoms with Crippen LogP contribution in [0.4, 0.5) is 17.6 Å². The van der Waals surface area contributed by atoms with Gasteiger partial charge >= 0.3 is 6.18 Å². The highest BCUT2D eigenvalue weighted by Crippen LogP contribution is 2.31. The molecule has 0 radical (unpaired) electrons. The highest BCUT2D eigenvalue weighted by atomic mass is 19.4. The van der Waals surface area contributed by atoms with Crippen molar-refractivity contribution in [3.05, 3.63) is 110 Å². The van der Waals surface area contributed by atoms with E-state index in [4.69, 9.17) is 4.74 Å². The Morgan fingerprint density at radius 2 is 1.90 bits per heavy atom. The highest BCUT2D eigenvalue weighted by Gasteiger charge is 2.34. The number of allylic oxidation sites excluding steroid dienone is 2. The number of benzene rings is 1. The smallest absolute Gasteiger partial charge is 0.421 e. The van der Waals surface area contributed by atoms with E-state index in [1.165, 1.54) is 6.20 Å². The topological polar surface area (TPSA) is 69.4 Å². The van der Waals surface area contributed by atoms with Crippen molar-refractivity contribution < 1.29 is 22.3 Å². The number of ether oxygens (including phenoxy) is 1. The lowest BCUT2D eigenvalue weighted by Crippen LogP contribution is -2.29. The minimum absolute atomic E-state index is 0.0854. The van der Waals surface area contributed by atoms with E-state index in [1.807, 2.05) is 39.0 Å². The Labute approximate surface area is 228 Å². The molecule has 0 atom stereocenters. The number of para-hydroxylation sites is 1. The van der Waals surface area contributed by atoms with Gasteiger partial charge in [0.15, 0.2) is 0 Å². The van der Waals surface area contributed by atoms with Gasteiger partial charge in [-0.3, -0.25) is 14.8 Å². The molecule has 0 spiro atoms. The first-order valence-corrected chi connectivity index (χ1v) is 12.5. The van der Waals surface area contributed by atoms with Crippen molar-refractivity contribution >= 4 is 16.6 Å². The lowest BCUT2D eigenvalue weighted by molar-refractivity contribution is -0.138. The molecule has 3 heterocycles. The second kappa shape index (κ2) is 11.4. The summed E-state index contributed by atoms with van der Waals surface area (Å²) in [6, 6.07) is 9.21. The number of rotatable bonds is 7. The summed E-state index contributed by atoms with van der Waals surface area (Å²) in [5.74, 6) is -0.304. The summed E-state index contributed by atoms with van der Waals surface area (Å²) < 4.78 is 61.9. The lowest BCUT2D eigenvalue weighted by Gasteiger charge is -2.17. The van der Waals surface area contributed by atoms with Crippen molar-refractivity contribution in [3.63, 3.8) is 0 Å². The average molecular weight is 553 g/mol. The summed E-state index contributed by atoms with van der Waals surface area (Å²) in [6.07, 6.45) is -0.589. The number of alkyl halides is 3. The third-order valence-electron chi connectivity index (χ3n) is 6.70. The molecule has 4 rings (SSSR count). The van der Waals surface area contributed by atoms with Gasteiger partial charge in [-0.2, -0.15) is 13.2 Å². The van der Waals surface area contributed by atoms with E-state index in [1.54, 1.807) is 26.1 Å². The minimum atomic E-state index is -4.81. The van der Waals surface area contributed by atoms with Crippen LogP contribution in [-0.2, 0) is 19.3 Å². The van der Waals surface area contributed by atoms with Crippen LogP contribution in [0.2, 0.25) is 0 Å². The molecule has 1 aromatic carbocycles. The van der Waals surface area contributed by atoms with Crippen LogP contribution in [0.5, 0.6) is 5.75 Å². The van der Waals surface area contributed by atoms with Gasteiger partial charge in [0.2, 0.25) is 0 Å². The fraction of sp³-hybridized carbons (Fsp3) is 0.267. The number of fused-ring (bicyclic) bond motifs is 1. The van der Waals surface area contributed by atoms with Gasteiger partial charge in [0, 0.05) is 46.7 Å². The molecule has 0 fully saturated rings. The van der Waals surface area contributed by atoms with Gasteiger partial charge in [-0.05, 0) is 57.5 Å². The molecule has 0 aliphatic rings. The molecule has 0 aliphatic carbocycles. The molecule has 0 unspecified atom stereocenters. The first-order chi connectivity index (χ1) is 19.0. The van der Waals surface area contributed by atoms with Crippen molar-refractivity contribution in [3.8, 4) is 5.75 Å². The van der Waals surface area contributed by atoms with Crippen molar-refractivity contribution in [2.75, 3.05) is 7.05 Å². The Hall–Kier alpha value is -4.34. The minimum Gasteiger partial charge on any atom is -0.486 e. The molecule has 6 nitrogen and oxygen atoms in total. The summed E-state index contributed by atoms with van der Waals surface area (Å²) in [4.78, 5) is 25.7. The van der Waals surface area contributed by atoms with E-state index < -0.39 is 23.1 Å². The summed E-state index contributed by atoms with van der Waals surface area (Å²) >= 11 is 0. The van der Waals surface area contributed by atoms with Crippen LogP contribution in [-0.4, -0.2) is 27.3 Å². The Morgan fingerprint density at radius 1 is 1.15 bits per heavy atom. The zero-order valence-electron chi connectivity index (χ0n) is 22.7. The van der Waals surface area contributed by atoms with Gasteiger partial charge in [0.1, 0.15) is 29.3 Å². The quantitative estimate of drug-likeness (QED) is 0.192. The van der Waals surface area contributed by atoms with Crippen LogP contribution in [0.15, 0.2) is 70.2 Å². The SMILES string of the molecule is C/C=C(C)\C(=N/C)c1cc(C)nc2c(OCc3c(F)cnc(C)c3Cn3cccc(C(F)(F)F)c3=O)cccc12. The van der Waals surface area contributed by atoms with Crippen LogP contribution < -0.4 is 10.3 Å². The standard InChI is InChI=1S/C30H28F4N4O2/c1-6-17(2)27(35-5)21-13-18(3)37-28-20(21)9-7-11-26(28)40-16-23-22(19(4)36-14-25(23)31)15-38-12-8-10-24(29(38)39)30(32,33)34/h6-14H,15-16H2,1-5H3/b17-6-,35-27+. The number of nitrogens with zero attached hydrogens (tertiary/aromatic N) is 4. The monoisotopic (exact) mass is 552 g/mol. The van der Waals surface area contributed by atoms with Crippen LogP contribution >= 0.6 is 0 Å².